The summed E-state index contributed by atoms with van der Waals surface area (Å²) in [5, 5.41) is 18.7. The normalized spacial score (nSPS) is 10.2. The van der Waals surface area contributed by atoms with Gasteiger partial charge < -0.3 is 10.2 Å². The zero-order valence-electron chi connectivity index (χ0n) is 7.55. The number of phenolic OH excluding ortho intramolecular Hbond substituents is 2. The second-order valence-corrected chi connectivity index (χ2v) is 3.29. The molecule has 4 nitrogen and oxygen atoms in total. The molecule has 0 saturated heterocycles. The zero-order valence-corrected chi connectivity index (χ0v) is 8.31. The van der Waals surface area contributed by atoms with Crippen molar-refractivity contribution in [3.05, 3.63) is 35.7 Å². The van der Waals surface area contributed by atoms with Crippen molar-refractivity contribution >= 4 is 11.6 Å². The molecule has 0 aliphatic heterocycles. The summed E-state index contributed by atoms with van der Waals surface area (Å²) in [6, 6.07) is 5.85. The molecule has 1 aromatic heterocycles. The van der Waals surface area contributed by atoms with E-state index in [-0.39, 0.29) is 16.8 Å². The quantitative estimate of drug-likeness (QED) is 0.726. The molecule has 15 heavy (non-hydrogen) atoms. The predicted molar refractivity (Wildman–Crippen MR) is 55.8 cm³/mol. The average molecular weight is 223 g/mol. The lowest BCUT2D eigenvalue weighted by Crippen LogP contribution is -1.86. The van der Waals surface area contributed by atoms with Crippen LogP contribution in [-0.2, 0) is 0 Å². The Hall–Kier alpha value is -1.81. The van der Waals surface area contributed by atoms with Crippen molar-refractivity contribution in [1.29, 1.82) is 0 Å². The van der Waals surface area contributed by atoms with Gasteiger partial charge in [0.2, 0.25) is 5.28 Å². The van der Waals surface area contributed by atoms with Crippen LogP contribution in [0, 0.1) is 0 Å². The average Bonchev–Trinajstić information content (AvgIpc) is 2.16. The van der Waals surface area contributed by atoms with Crippen molar-refractivity contribution in [3.63, 3.8) is 0 Å². The maximum Gasteiger partial charge on any atom is 0.222 e. The number of aromatic nitrogens is 2. The lowest BCUT2D eigenvalue weighted by atomic mass is 10.1. The molecule has 0 aliphatic rings. The molecule has 0 aliphatic carbocycles. The summed E-state index contributed by atoms with van der Waals surface area (Å²) < 4.78 is 0. The van der Waals surface area contributed by atoms with Gasteiger partial charge >= 0.3 is 0 Å². The van der Waals surface area contributed by atoms with E-state index >= 15 is 0 Å². The van der Waals surface area contributed by atoms with Crippen LogP contribution in [0.3, 0.4) is 0 Å². The van der Waals surface area contributed by atoms with Gasteiger partial charge in [0.05, 0.1) is 5.69 Å². The molecule has 0 spiro atoms. The van der Waals surface area contributed by atoms with Gasteiger partial charge in [-0.15, -0.1) is 0 Å². The van der Waals surface area contributed by atoms with Gasteiger partial charge in [0, 0.05) is 17.8 Å². The lowest BCUT2D eigenvalue weighted by molar-refractivity contribution is 0.451. The summed E-state index contributed by atoms with van der Waals surface area (Å²) >= 11 is 5.63. The molecular weight excluding hydrogens is 216 g/mol. The highest BCUT2D eigenvalue weighted by atomic mass is 35.5. The number of hydrogen-bond donors (Lipinski definition) is 2. The first-order chi connectivity index (χ1) is 7.15. The number of phenols is 2. The van der Waals surface area contributed by atoms with Crippen LogP contribution in [0.2, 0.25) is 5.28 Å². The van der Waals surface area contributed by atoms with E-state index in [1.807, 2.05) is 0 Å². The van der Waals surface area contributed by atoms with Crippen molar-refractivity contribution in [2.45, 2.75) is 0 Å². The topological polar surface area (TPSA) is 66.2 Å². The molecule has 2 N–H and O–H groups in total. The lowest BCUT2D eigenvalue weighted by Gasteiger charge is -2.02. The Balaban J connectivity index is 2.54. The van der Waals surface area contributed by atoms with E-state index in [0.29, 0.717) is 11.3 Å². The number of nitrogens with zero attached hydrogens (tertiary/aromatic N) is 2. The first-order valence-electron chi connectivity index (χ1n) is 4.17. The first kappa shape index (κ1) is 9.73. The third-order valence-electron chi connectivity index (χ3n) is 1.82. The summed E-state index contributed by atoms with van der Waals surface area (Å²) in [5.41, 5.74) is 1.12. The highest BCUT2D eigenvalue weighted by Gasteiger charge is 2.04. The molecular formula is C10H7ClN2O2. The Morgan fingerprint density at radius 1 is 1.07 bits per heavy atom. The fraction of sp³-hybridized carbons (Fsp3) is 0. The summed E-state index contributed by atoms with van der Waals surface area (Å²) in [6.45, 7) is 0. The summed E-state index contributed by atoms with van der Waals surface area (Å²) in [5.74, 6) is -0.0560. The van der Waals surface area contributed by atoms with E-state index < -0.39 is 0 Å². The predicted octanol–water partition coefficient (Wildman–Crippen LogP) is 2.21. The van der Waals surface area contributed by atoms with Gasteiger partial charge in [-0.05, 0) is 29.8 Å². The van der Waals surface area contributed by atoms with Gasteiger partial charge in [0.15, 0.2) is 0 Å². The second-order valence-electron chi connectivity index (χ2n) is 2.95. The van der Waals surface area contributed by atoms with Crippen LogP contribution in [-0.4, -0.2) is 20.2 Å². The smallest absolute Gasteiger partial charge is 0.222 e. The van der Waals surface area contributed by atoms with Gasteiger partial charge in [-0.1, -0.05) is 0 Å². The molecule has 0 amide bonds. The minimum absolute atomic E-state index is 0.0280. The van der Waals surface area contributed by atoms with Crippen LogP contribution < -0.4 is 0 Å². The third kappa shape index (κ3) is 2.16. The van der Waals surface area contributed by atoms with Crippen molar-refractivity contribution in [2.75, 3.05) is 0 Å². The monoisotopic (exact) mass is 222 g/mol. The maximum atomic E-state index is 9.29. The number of hydrogen-bond acceptors (Lipinski definition) is 4. The zero-order chi connectivity index (χ0) is 10.8. The van der Waals surface area contributed by atoms with Crippen LogP contribution in [0.5, 0.6) is 11.5 Å². The Labute approximate surface area is 90.8 Å². The summed E-state index contributed by atoms with van der Waals surface area (Å²) in [4.78, 5) is 7.70. The number of rotatable bonds is 1. The van der Waals surface area contributed by atoms with Crippen LogP contribution in [0.25, 0.3) is 11.3 Å². The highest BCUT2D eigenvalue weighted by Crippen LogP contribution is 2.27. The third-order valence-corrected chi connectivity index (χ3v) is 2.01. The standard InChI is InChI=1S/C10H7ClN2O2/c11-10-12-2-1-9(13-10)6-3-7(14)5-8(15)4-6/h1-5,14-15H. The van der Waals surface area contributed by atoms with E-state index in [1.165, 1.54) is 24.4 Å². The molecule has 76 valence electrons. The number of benzene rings is 1. The molecule has 0 fully saturated rings. The molecule has 5 heteroatoms. The number of halogens is 1. The van der Waals surface area contributed by atoms with E-state index in [0.717, 1.165) is 0 Å². The van der Waals surface area contributed by atoms with E-state index in [2.05, 4.69) is 9.97 Å². The maximum absolute atomic E-state index is 9.29. The van der Waals surface area contributed by atoms with Crippen molar-refractivity contribution in [2.24, 2.45) is 0 Å². The molecule has 0 saturated carbocycles. The minimum atomic E-state index is -0.0280. The second kappa shape index (κ2) is 3.74. The molecule has 1 heterocycles. The minimum Gasteiger partial charge on any atom is -0.508 e. The van der Waals surface area contributed by atoms with E-state index in [4.69, 9.17) is 11.6 Å². The van der Waals surface area contributed by atoms with E-state index in [9.17, 15) is 10.2 Å². The molecule has 0 atom stereocenters. The van der Waals surface area contributed by atoms with Crippen molar-refractivity contribution < 1.29 is 10.2 Å². The van der Waals surface area contributed by atoms with Crippen LogP contribution >= 0.6 is 11.6 Å². The van der Waals surface area contributed by atoms with Crippen molar-refractivity contribution in [1.82, 2.24) is 9.97 Å². The van der Waals surface area contributed by atoms with Gasteiger partial charge in [0.1, 0.15) is 11.5 Å². The number of aromatic hydroxyl groups is 2. The summed E-state index contributed by atoms with van der Waals surface area (Å²) in [6.07, 6.45) is 1.51. The Morgan fingerprint density at radius 2 is 1.73 bits per heavy atom. The fourth-order valence-corrected chi connectivity index (χ4v) is 1.39. The van der Waals surface area contributed by atoms with Crippen molar-refractivity contribution in [3.8, 4) is 22.8 Å². The fourth-order valence-electron chi connectivity index (χ4n) is 1.24. The Bertz CT molecular complexity index is 482. The molecule has 1 aromatic carbocycles. The molecule has 2 aromatic rings. The Kier molecular flexibility index (Phi) is 2.43. The van der Waals surface area contributed by atoms with Crippen LogP contribution in [0.15, 0.2) is 30.5 Å². The van der Waals surface area contributed by atoms with Gasteiger partial charge in [0.25, 0.3) is 0 Å². The molecule has 2 rings (SSSR count). The molecule has 0 bridgehead atoms. The SMILES string of the molecule is Oc1cc(O)cc(-c2ccnc(Cl)n2)c1. The van der Waals surface area contributed by atoms with Gasteiger partial charge in [-0.25, -0.2) is 9.97 Å². The first-order valence-corrected chi connectivity index (χ1v) is 4.55. The summed E-state index contributed by atoms with van der Waals surface area (Å²) in [7, 11) is 0. The largest absolute Gasteiger partial charge is 0.508 e. The molecule has 0 radical (unpaired) electrons. The van der Waals surface area contributed by atoms with E-state index in [1.54, 1.807) is 6.07 Å². The molecule has 0 unspecified atom stereocenters. The van der Waals surface area contributed by atoms with Crippen LogP contribution in [0.4, 0.5) is 0 Å². The highest BCUT2D eigenvalue weighted by molar-refractivity contribution is 6.28. The van der Waals surface area contributed by atoms with Gasteiger partial charge in [-0.3, -0.25) is 0 Å². The van der Waals surface area contributed by atoms with Gasteiger partial charge in [-0.2, -0.15) is 0 Å². The Morgan fingerprint density at radius 3 is 2.33 bits per heavy atom. The van der Waals surface area contributed by atoms with Crippen LogP contribution in [0.1, 0.15) is 0 Å².